The van der Waals surface area contributed by atoms with Crippen LogP contribution in [0.4, 0.5) is 0 Å². The van der Waals surface area contributed by atoms with E-state index in [0.29, 0.717) is 6.61 Å². The van der Waals surface area contributed by atoms with E-state index in [-0.39, 0.29) is 11.7 Å². The Labute approximate surface area is 127 Å². The van der Waals surface area contributed by atoms with Crippen LogP contribution in [0.15, 0.2) is 9.95 Å². The Hall–Kier alpha value is -0.850. The molecule has 0 spiro atoms. The van der Waals surface area contributed by atoms with Gasteiger partial charge in [0, 0.05) is 17.7 Å². The van der Waals surface area contributed by atoms with Crippen LogP contribution in [-0.2, 0) is 11.8 Å². The van der Waals surface area contributed by atoms with Crippen molar-refractivity contribution in [3.8, 4) is 0 Å². The van der Waals surface area contributed by atoms with E-state index >= 15 is 0 Å². The molecule has 0 aromatic carbocycles. The lowest BCUT2D eigenvalue weighted by Gasteiger charge is -2.09. The third-order valence-electron chi connectivity index (χ3n) is 3.14. The van der Waals surface area contributed by atoms with Crippen molar-refractivity contribution in [3.05, 3.63) is 20.8 Å². The summed E-state index contributed by atoms with van der Waals surface area (Å²) in [6.45, 7) is 8.72. The second-order valence-corrected chi connectivity index (χ2v) is 7.26. The van der Waals surface area contributed by atoms with Gasteiger partial charge in [0.1, 0.15) is 4.83 Å². The van der Waals surface area contributed by atoms with Crippen molar-refractivity contribution in [2.45, 2.75) is 39.0 Å². The zero-order valence-corrected chi connectivity index (χ0v) is 14.2. The van der Waals surface area contributed by atoms with Crippen LogP contribution in [0.25, 0.3) is 10.2 Å². The average Bonchev–Trinajstić information content (AvgIpc) is 2.66. The molecule has 6 heteroatoms. The van der Waals surface area contributed by atoms with E-state index in [9.17, 15) is 4.79 Å². The van der Waals surface area contributed by atoms with Crippen LogP contribution in [0.1, 0.15) is 24.3 Å². The number of thioether (sulfide) groups is 1. The first-order valence-electron chi connectivity index (χ1n) is 6.63. The van der Waals surface area contributed by atoms with Crippen LogP contribution in [0.5, 0.6) is 0 Å². The Kier molecular flexibility index (Phi) is 4.88. The number of nitrogens with zero attached hydrogens (tertiary/aromatic N) is 2. The molecule has 0 aliphatic rings. The summed E-state index contributed by atoms with van der Waals surface area (Å²) in [5, 5.41) is 1.52. The SMILES string of the molecule is Cc1sc2nc(SCCOC(C)C)n(C)c(=O)c2c1C. The van der Waals surface area contributed by atoms with Crippen molar-refractivity contribution in [2.24, 2.45) is 7.05 Å². The molecule has 2 aromatic rings. The lowest BCUT2D eigenvalue weighted by Crippen LogP contribution is -2.20. The highest BCUT2D eigenvalue weighted by Gasteiger charge is 2.14. The van der Waals surface area contributed by atoms with E-state index in [1.54, 1.807) is 34.7 Å². The van der Waals surface area contributed by atoms with Gasteiger partial charge in [0.15, 0.2) is 5.16 Å². The molecule has 0 aliphatic heterocycles. The number of hydrogen-bond acceptors (Lipinski definition) is 5. The topological polar surface area (TPSA) is 44.1 Å². The van der Waals surface area contributed by atoms with Crippen LogP contribution < -0.4 is 5.56 Å². The molecular weight excluding hydrogens is 292 g/mol. The van der Waals surface area contributed by atoms with Crippen molar-refractivity contribution < 1.29 is 4.74 Å². The number of fused-ring (bicyclic) bond motifs is 1. The second kappa shape index (κ2) is 6.28. The Morgan fingerprint density at radius 2 is 2.10 bits per heavy atom. The Balaban J connectivity index is 2.27. The number of hydrogen-bond donors (Lipinski definition) is 0. The van der Waals surface area contributed by atoms with E-state index in [0.717, 1.165) is 31.6 Å². The molecule has 20 heavy (non-hydrogen) atoms. The summed E-state index contributed by atoms with van der Waals surface area (Å²) >= 11 is 3.16. The van der Waals surface area contributed by atoms with E-state index in [1.807, 2.05) is 27.7 Å². The summed E-state index contributed by atoms with van der Waals surface area (Å²) in [6.07, 6.45) is 0.234. The van der Waals surface area contributed by atoms with Gasteiger partial charge in [0.25, 0.3) is 5.56 Å². The minimum Gasteiger partial charge on any atom is -0.378 e. The average molecular weight is 312 g/mol. The summed E-state index contributed by atoms with van der Waals surface area (Å²) in [6, 6.07) is 0. The van der Waals surface area contributed by atoms with Gasteiger partial charge in [-0.2, -0.15) is 0 Å². The van der Waals surface area contributed by atoms with E-state index in [1.165, 1.54) is 0 Å². The molecule has 0 N–H and O–H groups in total. The van der Waals surface area contributed by atoms with E-state index in [2.05, 4.69) is 4.98 Å². The molecule has 110 valence electrons. The zero-order chi connectivity index (χ0) is 14.9. The zero-order valence-electron chi connectivity index (χ0n) is 12.5. The first-order valence-corrected chi connectivity index (χ1v) is 8.43. The van der Waals surface area contributed by atoms with Gasteiger partial charge in [-0.05, 0) is 33.3 Å². The molecule has 0 radical (unpaired) electrons. The summed E-state index contributed by atoms with van der Waals surface area (Å²) in [4.78, 5) is 19.0. The predicted octanol–water partition coefficient (Wildman–Crippen LogP) is 3.13. The van der Waals surface area contributed by atoms with E-state index < -0.39 is 0 Å². The first-order chi connectivity index (χ1) is 9.41. The number of aromatic nitrogens is 2. The maximum atomic E-state index is 12.4. The summed E-state index contributed by atoms with van der Waals surface area (Å²) in [5.41, 5.74) is 1.10. The number of rotatable bonds is 5. The number of thiophene rings is 1. The maximum Gasteiger partial charge on any atom is 0.262 e. The van der Waals surface area contributed by atoms with Crippen LogP contribution in [0.2, 0.25) is 0 Å². The van der Waals surface area contributed by atoms with Crippen molar-refractivity contribution in [3.63, 3.8) is 0 Å². The van der Waals surface area contributed by atoms with Crippen LogP contribution in [-0.4, -0.2) is 28.0 Å². The van der Waals surface area contributed by atoms with Gasteiger partial charge >= 0.3 is 0 Å². The molecule has 0 bridgehead atoms. The fourth-order valence-electron chi connectivity index (χ4n) is 1.90. The Morgan fingerprint density at radius 3 is 2.75 bits per heavy atom. The van der Waals surface area contributed by atoms with Gasteiger partial charge in [0.05, 0.1) is 18.1 Å². The molecule has 0 aliphatic carbocycles. The largest absolute Gasteiger partial charge is 0.378 e. The van der Waals surface area contributed by atoms with Gasteiger partial charge in [-0.3, -0.25) is 9.36 Å². The lowest BCUT2D eigenvalue weighted by molar-refractivity contribution is 0.0920. The summed E-state index contributed by atoms with van der Waals surface area (Å²) in [5.74, 6) is 0.799. The Bertz CT molecular complexity index is 674. The minimum atomic E-state index is 0.0455. The quantitative estimate of drug-likeness (QED) is 0.483. The van der Waals surface area contributed by atoms with Gasteiger partial charge < -0.3 is 4.74 Å². The number of ether oxygens (including phenoxy) is 1. The summed E-state index contributed by atoms with van der Waals surface area (Å²) in [7, 11) is 1.78. The standard InChI is InChI=1S/C14H20N2O2S2/c1-8(2)18-6-7-19-14-15-12-11(13(17)16(14)5)9(3)10(4)20-12/h8H,6-7H2,1-5H3. The fourth-order valence-corrected chi connectivity index (χ4v) is 3.77. The maximum absolute atomic E-state index is 12.4. The molecule has 0 atom stereocenters. The van der Waals surface area contributed by atoms with Crippen molar-refractivity contribution in [1.29, 1.82) is 0 Å². The minimum absolute atomic E-state index is 0.0455. The van der Waals surface area contributed by atoms with Crippen molar-refractivity contribution in [2.75, 3.05) is 12.4 Å². The molecule has 4 nitrogen and oxygen atoms in total. The third-order valence-corrected chi connectivity index (χ3v) is 5.23. The molecule has 0 amide bonds. The normalized spacial score (nSPS) is 11.7. The number of aryl methyl sites for hydroxylation is 2. The van der Waals surface area contributed by atoms with Gasteiger partial charge in [-0.25, -0.2) is 4.98 Å². The highest BCUT2D eigenvalue weighted by Crippen LogP contribution is 2.27. The molecule has 0 saturated heterocycles. The van der Waals surface area contributed by atoms with Gasteiger partial charge in [0.2, 0.25) is 0 Å². The fraction of sp³-hybridized carbons (Fsp3) is 0.571. The molecule has 0 unspecified atom stereocenters. The monoisotopic (exact) mass is 312 g/mol. The molecular formula is C14H20N2O2S2. The van der Waals surface area contributed by atoms with Crippen LogP contribution in [0.3, 0.4) is 0 Å². The summed E-state index contributed by atoms with van der Waals surface area (Å²) < 4.78 is 7.15. The third kappa shape index (κ3) is 3.07. The van der Waals surface area contributed by atoms with Gasteiger partial charge in [-0.1, -0.05) is 11.8 Å². The second-order valence-electron chi connectivity index (χ2n) is 4.99. The lowest BCUT2D eigenvalue weighted by atomic mass is 10.2. The molecule has 0 fully saturated rings. The molecule has 2 heterocycles. The smallest absolute Gasteiger partial charge is 0.262 e. The van der Waals surface area contributed by atoms with Crippen molar-refractivity contribution >= 4 is 33.3 Å². The Morgan fingerprint density at radius 1 is 1.40 bits per heavy atom. The van der Waals surface area contributed by atoms with Crippen LogP contribution in [0, 0.1) is 13.8 Å². The highest BCUT2D eigenvalue weighted by atomic mass is 32.2. The van der Waals surface area contributed by atoms with Crippen molar-refractivity contribution in [1.82, 2.24) is 9.55 Å². The van der Waals surface area contributed by atoms with E-state index in [4.69, 9.17) is 4.74 Å². The molecule has 2 rings (SSSR count). The first kappa shape index (κ1) is 15.5. The molecule has 2 aromatic heterocycles. The van der Waals surface area contributed by atoms with Crippen LogP contribution >= 0.6 is 23.1 Å². The predicted molar refractivity (Wildman–Crippen MR) is 86.1 cm³/mol. The highest BCUT2D eigenvalue weighted by molar-refractivity contribution is 7.99. The van der Waals surface area contributed by atoms with Gasteiger partial charge in [-0.15, -0.1) is 11.3 Å². The molecule has 0 saturated carbocycles.